The Bertz CT molecular complexity index is 513. The van der Waals surface area contributed by atoms with Gasteiger partial charge in [-0.15, -0.1) is 0 Å². The third-order valence-electron chi connectivity index (χ3n) is 2.27. The van der Waals surface area contributed by atoms with Crippen molar-refractivity contribution in [3.63, 3.8) is 0 Å². The number of nitrogens with two attached hydrogens (primary N) is 1. The van der Waals surface area contributed by atoms with Crippen LogP contribution < -0.4 is 11.1 Å². The second-order valence-electron chi connectivity index (χ2n) is 3.47. The smallest absolute Gasteiger partial charge is 0.124 e. The van der Waals surface area contributed by atoms with Crippen molar-refractivity contribution >= 4 is 22.9 Å². The average Bonchev–Trinajstić information content (AvgIpc) is 2.38. The van der Waals surface area contributed by atoms with Gasteiger partial charge in [0.25, 0.3) is 0 Å². The van der Waals surface area contributed by atoms with E-state index in [0.717, 1.165) is 11.3 Å². The second kappa shape index (κ2) is 5.36. The summed E-state index contributed by atoms with van der Waals surface area (Å²) in [7, 11) is 0. The molecule has 0 saturated heterocycles. The third-order valence-corrected chi connectivity index (χ3v) is 2.47. The molecule has 0 aliphatic rings. The zero-order chi connectivity index (χ0) is 12.1. The fourth-order valence-electron chi connectivity index (χ4n) is 1.44. The molecule has 0 saturated carbocycles. The zero-order valence-electron chi connectivity index (χ0n) is 9.13. The zero-order valence-corrected chi connectivity index (χ0v) is 9.95. The molecule has 2 heterocycles. The Morgan fingerprint density at radius 2 is 2.00 bits per heavy atom. The Balaban J connectivity index is 2.12. The lowest BCUT2D eigenvalue weighted by Gasteiger charge is -2.09. The van der Waals surface area contributed by atoms with Gasteiger partial charge in [-0.05, 0) is 29.8 Å². The Hall–Kier alpha value is -2.01. The van der Waals surface area contributed by atoms with Crippen molar-refractivity contribution < 1.29 is 0 Å². The number of hydrogen-bond acceptors (Lipinski definition) is 4. The lowest BCUT2D eigenvalue weighted by molar-refractivity contribution is 1.11. The fraction of sp³-hybridized carbons (Fsp3) is 0.0833. The van der Waals surface area contributed by atoms with E-state index in [9.17, 15) is 0 Å². The molecule has 2 aromatic rings. The number of rotatable bonds is 4. The summed E-state index contributed by atoms with van der Waals surface area (Å²) >= 11 is 4.95. The standard InChI is InChI=1S/C12H12N4S/c13-12(17)11-10(2-1-5-15-11)16-8-9-3-6-14-7-4-9/h1-7,16H,8H2,(H2,13,17). The summed E-state index contributed by atoms with van der Waals surface area (Å²) in [6, 6.07) is 7.65. The van der Waals surface area contributed by atoms with Gasteiger partial charge in [0, 0.05) is 25.1 Å². The van der Waals surface area contributed by atoms with Crippen LogP contribution in [0.25, 0.3) is 0 Å². The first kappa shape index (κ1) is 11.5. The van der Waals surface area contributed by atoms with E-state index < -0.39 is 0 Å². The minimum Gasteiger partial charge on any atom is -0.388 e. The fourth-order valence-corrected chi connectivity index (χ4v) is 1.60. The highest BCUT2D eigenvalue weighted by atomic mass is 32.1. The van der Waals surface area contributed by atoms with Crippen LogP contribution in [0.15, 0.2) is 42.9 Å². The van der Waals surface area contributed by atoms with Gasteiger partial charge in [0.1, 0.15) is 10.7 Å². The van der Waals surface area contributed by atoms with Crippen LogP contribution in [0.1, 0.15) is 11.3 Å². The number of thiocarbonyl (C=S) groups is 1. The minimum absolute atomic E-state index is 0.294. The summed E-state index contributed by atoms with van der Waals surface area (Å²) in [5.41, 5.74) is 8.21. The largest absolute Gasteiger partial charge is 0.388 e. The maximum atomic E-state index is 5.60. The van der Waals surface area contributed by atoms with Crippen LogP contribution in [-0.2, 0) is 6.54 Å². The van der Waals surface area contributed by atoms with Crippen LogP contribution in [-0.4, -0.2) is 15.0 Å². The molecule has 5 heteroatoms. The molecule has 2 aromatic heterocycles. The Morgan fingerprint density at radius 3 is 2.71 bits per heavy atom. The highest BCUT2D eigenvalue weighted by Crippen LogP contribution is 2.13. The van der Waals surface area contributed by atoms with Crippen molar-refractivity contribution in [3.8, 4) is 0 Å². The summed E-state index contributed by atoms with van der Waals surface area (Å²) in [6.45, 7) is 0.684. The number of aromatic nitrogens is 2. The van der Waals surface area contributed by atoms with Gasteiger partial charge in [0.2, 0.25) is 0 Å². The first-order valence-electron chi connectivity index (χ1n) is 5.15. The lowest BCUT2D eigenvalue weighted by Crippen LogP contribution is -2.15. The van der Waals surface area contributed by atoms with Crippen molar-refractivity contribution in [3.05, 3.63) is 54.1 Å². The van der Waals surface area contributed by atoms with Crippen molar-refractivity contribution in [2.75, 3.05) is 5.32 Å². The minimum atomic E-state index is 0.294. The Kier molecular flexibility index (Phi) is 3.62. The van der Waals surface area contributed by atoms with Crippen LogP contribution in [0.2, 0.25) is 0 Å². The summed E-state index contributed by atoms with van der Waals surface area (Å²) in [6.07, 6.45) is 5.19. The van der Waals surface area contributed by atoms with Gasteiger partial charge in [-0.1, -0.05) is 12.2 Å². The summed E-state index contributed by atoms with van der Waals surface area (Å²) in [5.74, 6) is 0. The van der Waals surface area contributed by atoms with E-state index in [2.05, 4.69) is 15.3 Å². The molecule has 3 N–H and O–H groups in total. The lowest BCUT2D eigenvalue weighted by atomic mass is 10.2. The van der Waals surface area contributed by atoms with Crippen LogP contribution in [0.3, 0.4) is 0 Å². The first-order valence-corrected chi connectivity index (χ1v) is 5.56. The molecule has 17 heavy (non-hydrogen) atoms. The SMILES string of the molecule is NC(=S)c1ncccc1NCc1ccncc1. The summed E-state index contributed by atoms with van der Waals surface area (Å²) in [4.78, 5) is 8.41. The van der Waals surface area contributed by atoms with Gasteiger partial charge >= 0.3 is 0 Å². The van der Waals surface area contributed by atoms with Gasteiger partial charge in [0.15, 0.2) is 0 Å². The highest BCUT2D eigenvalue weighted by molar-refractivity contribution is 7.80. The molecule has 0 unspecified atom stereocenters. The van der Waals surface area contributed by atoms with E-state index in [1.807, 2.05) is 24.3 Å². The van der Waals surface area contributed by atoms with Crippen molar-refractivity contribution in [2.24, 2.45) is 5.73 Å². The van der Waals surface area contributed by atoms with Gasteiger partial charge in [0.05, 0.1) is 5.69 Å². The molecule has 4 nitrogen and oxygen atoms in total. The molecular formula is C12H12N4S. The van der Waals surface area contributed by atoms with Crippen LogP contribution >= 0.6 is 12.2 Å². The van der Waals surface area contributed by atoms with E-state index in [0.29, 0.717) is 17.2 Å². The maximum Gasteiger partial charge on any atom is 0.124 e. The van der Waals surface area contributed by atoms with Crippen molar-refractivity contribution in [1.82, 2.24) is 9.97 Å². The molecule has 86 valence electrons. The average molecular weight is 244 g/mol. The van der Waals surface area contributed by atoms with Crippen LogP contribution in [0.5, 0.6) is 0 Å². The van der Waals surface area contributed by atoms with E-state index in [1.54, 1.807) is 18.6 Å². The molecule has 0 aliphatic heterocycles. The van der Waals surface area contributed by atoms with E-state index >= 15 is 0 Å². The quantitative estimate of drug-likeness (QED) is 0.802. The number of pyridine rings is 2. The van der Waals surface area contributed by atoms with Crippen LogP contribution in [0, 0.1) is 0 Å². The normalized spacial score (nSPS) is 9.88. The van der Waals surface area contributed by atoms with Crippen molar-refractivity contribution in [2.45, 2.75) is 6.54 Å². The highest BCUT2D eigenvalue weighted by Gasteiger charge is 2.05. The van der Waals surface area contributed by atoms with E-state index in [4.69, 9.17) is 18.0 Å². The molecule has 0 bridgehead atoms. The van der Waals surface area contributed by atoms with E-state index in [-0.39, 0.29) is 0 Å². The Labute approximate surface area is 105 Å². The molecule has 0 aromatic carbocycles. The van der Waals surface area contributed by atoms with Gasteiger partial charge in [-0.25, -0.2) is 0 Å². The van der Waals surface area contributed by atoms with Gasteiger partial charge in [-0.2, -0.15) is 0 Å². The monoisotopic (exact) mass is 244 g/mol. The number of nitrogens with one attached hydrogen (secondary N) is 1. The number of nitrogens with zero attached hydrogens (tertiary/aromatic N) is 2. The molecule has 0 fully saturated rings. The molecular weight excluding hydrogens is 232 g/mol. The second-order valence-corrected chi connectivity index (χ2v) is 3.91. The molecule has 0 radical (unpaired) electrons. The summed E-state index contributed by atoms with van der Waals surface area (Å²) < 4.78 is 0. The van der Waals surface area contributed by atoms with Gasteiger partial charge < -0.3 is 11.1 Å². The van der Waals surface area contributed by atoms with Crippen LogP contribution in [0.4, 0.5) is 5.69 Å². The summed E-state index contributed by atoms with van der Waals surface area (Å²) in [5, 5.41) is 3.25. The number of anilines is 1. The Morgan fingerprint density at radius 1 is 1.24 bits per heavy atom. The van der Waals surface area contributed by atoms with Gasteiger partial charge in [-0.3, -0.25) is 9.97 Å². The third kappa shape index (κ3) is 2.98. The maximum absolute atomic E-state index is 5.60. The topological polar surface area (TPSA) is 63.8 Å². The number of hydrogen-bond donors (Lipinski definition) is 2. The molecule has 0 aliphatic carbocycles. The first-order chi connectivity index (χ1) is 8.27. The predicted molar refractivity (Wildman–Crippen MR) is 71.7 cm³/mol. The van der Waals surface area contributed by atoms with E-state index in [1.165, 1.54) is 0 Å². The molecule has 0 spiro atoms. The molecule has 2 rings (SSSR count). The predicted octanol–water partition coefficient (Wildman–Crippen LogP) is 1.72. The van der Waals surface area contributed by atoms with Crippen molar-refractivity contribution in [1.29, 1.82) is 0 Å². The molecule has 0 amide bonds. The molecule has 0 atom stereocenters.